The van der Waals surface area contributed by atoms with E-state index in [2.05, 4.69) is 10.6 Å². The molecule has 4 nitrogen and oxygen atoms in total. The van der Waals surface area contributed by atoms with Gasteiger partial charge in [0.25, 0.3) is 5.91 Å². The van der Waals surface area contributed by atoms with Gasteiger partial charge in [0.15, 0.2) is 0 Å². The number of nitrogens with one attached hydrogen (secondary N) is 2. The zero-order chi connectivity index (χ0) is 13.5. The van der Waals surface area contributed by atoms with Crippen LogP contribution in [0.1, 0.15) is 17.3 Å². The third-order valence-corrected chi connectivity index (χ3v) is 2.46. The van der Waals surface area contributed by atoms with Crippen molar-refractivity contribution < 1.29 is 9.18 Å². The van der Waals surface area contributed by atoms with E-state index in [0.29, 0.717) is 18.7 Å². The first-order valence-corrected chi connectivity index (χ1v) is 6.01. The number of amides is 1. The molecule has 0 spiro atoms. The van der Waals surface area contributed by atoms with Crippen LogP contribution in [0.2, 0.25) is 0 Å². The summed E-state index contributed by atoms with van der Waals surface area (Å²) in [6.07, 6.45) is 0. The number of likely N-dealkylation sites (N-methyl/N-ethyl adjacent to an activating group) is 1. The average Bonchev–Trinajstić information content (AvgIpc) is 2.31. The molecule has 18 heavy (non-hydrogen) atoms. The van der Waals surface area contributed by atoms with E-state index in [1.165, 1.54) is 12.1 Å². The van der Waals surface area contributed by atoms with E-state index in [0.717, 1.165) is 6.54 Å². The van der Waals surface area contributed by atoms with E-state index >= 15 is 0 Å². The van der Waals surface area contributed by atoms with Gasteiger partial charge in [-0.15, -0.1) is 0 Å². The van der Waals surface area contributed by atoms with E-state index in [4.69, 9.17) is 0 Å². The molecule has 0 saturated carbocycles. The number of halogens is 1. The standard InChI is InChI=1S/C13H20FN3O/c1-4-15-12-10(6-5-7-11(12)14)13(18)16-8-9-17(2)3/h5-7,15H,4,8-9H2,1-3H3,(H,16,18). The third-order valence-electron chi connectivity index (χ3n) is 2.46. The maximum atomic E-state index is 13.6. The molecule has 0 radical (unpaired) electrons. The van der Waals surface area contributed by atoms with Crippen molar-refractivity contribution in [3.8, 4) is 0 Å². The van der Waals surface area contributed by atoms with Gasteiger partial charge in [0.2, 0.25) is 0 Å². The molecule has 0 fully saturated rings. The summed E-state index contributed by atoms with van der Waals surface area (Å²) >= 11 is 0. The highest BCUT2D eigenvalue weighted by Crippen LogP contribution is 2.19. The molecular weight excluding hydrogens is 233 g/mol. The number of nitrogens with zero attached hydrogens (tertiary/aromatic N) is 1. The van der Waals surface area contributed by atoms with Gasteiger partial charge in [-0.2, -0.15) is 0 Å². The van der Waals surface area contributed by atoms with Crippen LogP contribution in [0.3, 0.4) is 0 Å². The van der Waals surface area contributed by atoms with Crippen molar-refractivity contribution in [2.24, 2.45) is 0 Å². The molecule has 0 aliphatic heterocycles. The molecule has 0 unspecified atom stereocenters. The van der Waals surface area contributed by atoms with Crippen LogP contribution in [0.15, 0.2) is 18.2 Å². The predicted octanol–water partition coefficient (Wildman–Crippen LogP) is 1.55. The lowest BCUT2D eigenvalue weighted by molar-refractivity contribution is 0.0951. The Bertz CT molecular complexity index is 407. The fourth-order valence-corrected chi connectivity index (χ4v) is 1.56. The first kappa shape index (κ1) is 14.4. The van der Waals surface area contributed by atoms with Crippen molar-refractivity contribution in [1.82, 2.24) is 10.2 Å². The van der Waals surface area contributed by atoms with Crippen molar-refractivity contribution >= 4 is 11.6 Å². The second-order valence-corrected chi connectivity index (χ2v) is 4.25. The molecule has 0 saturated heterocycles. The molecular formula is C13H20FN3O. The van der Waals surface area contributed by atoms with E-state index < -0.39 is 5.82 Å². The fraction of sp³-hybridized carbons (Fsp3) is 0.462. The van der Waals surface area contributed by atoms with Crippen molar-refractivity contribution in [2.75, 3.05) is 39.0 Å². The number of carbonyl (C=O) groups is 1. The van der Waals surface area contributed by atoms with Crippen LogP contribution < -0.4 is 10.6 Å². The second-order valence-electron chi connectivity index (χ2n) is 4.25. The lowest BCUT2D eigenvalue weighted by Gasteiger charge is -2.13. The summed E-state index contributed by atoms with van der Waals surface area (Å²) in [5, 5.41) is 5.65. The number of hydrogen-bond acceptors (Lipinski definition) is 3. The molecule has 5 heteroatoms. The quantitative estimate of drug-likeness (QED) is 0.808. The minimum absolute atomic E-state index is 0.257. The highest BCUT2D eigenvalue weighted by molar-refractivity contribution is 5.99. The maximum absolute atomic E-state index is 13.6. The minimum atomic E-state index is -0.405. The highest BCUT2D eigenvalue weighted by atomic mass is 19.1. The van der Waals surface area contributed by atoms with Gasteiger partial charge in [0.05, 0.1) is 11.3 Å². The number of carbonyl (C=O) groups excluding carboxylic acids is 1. The van der Waals surface area contributed by atoms with Crippen LogP contribution in [0, 0.1) is 5.82 Å². The zero-order valence-corrected chi connectivity index (χ0v) is 11.1. The fourth-order valence-electron chi connectivity index (χ4n) is 1.56. The van der Waals surface area contributed by atoms with Crippen molar-refractivity contribution in [3.05, 3.63) is 29.6 Å². The Kier molecular flexibility index (Phi) is 5.58. The van der Waals surface area contributed by atoms with Crippen molar-refractivity contribution in [3.63, 3.8) is 0 Å². The molecule has 0 aliphatic carbocycles. The van der Waals surface area contributed by atoms with Gasteiger partial charge in [0, 0.05) is 19.6 Å². The second kappa shape index (κ2) is 6.96. The van der Waals surface area contributed by atoms with Crippen LogP contribution in [0.4, 0.5) is 10.1 Å². The van der Waals surface area contributed by atoms with Gasteiger partial charge < -0.3 is 15.5 Å². The Hall–Kier alpha value is -1.62. The lowest BCUT2D eigenvalue weighted by atomic mass is 10.1. The summed E-state index contributed by atoms with van der Waals surface area (Å²) in [4.78, 5) is 13.9. The SMILES string of the molecule is CCNc1c(F)cccc1C(=O)NCCN(C)C. The van der Waals surface area contributed by atoms with Gasteiger partial charge >= 0.3 is 0 Å². The van der Waals surface area contributed by atoms with Gasteiger partial charge in [-0.3, -0.25) is 4.79 Å². The Morgan fingerprint density at radius 2 is 2.11 bits per heavy atom. The van der Waals surface area contributed by atoms with Gasteiger partial charge in [-0.25, -0.2) is 4.39 Å². The normalized spacial score (nSPS) is 10.5. The molecule has 0 aromatic heterocycles. The molecule has 0 bridgehead atoms. The Morgan fingerprint density at radius 1 is 1.39 bits per heavy atom. The Labute approximate surface area is 107 Å². The summed E-state index contributed by atoms with van der Waals surface area (Å²) in [6, 6.07) is 4.50. The zero-order valence-electron chi connectivity index (χ0n) is 11.1. The molecule has 1 rings (SSSR count). The summed E-state index contributed by atoms with van der Waals surface area (Å²) in [7, 11) is 3.86. The van der Waals surface area contributed by atoms with E-state index in [-0.39, 0.29) is 11.6 Å². The van der Waals surface area contributed by atoms with Crippen molar-refractivity contribution in [2.45, 2.75) is 6.92 Å². The first-order valence-electron chi connectivity index (χ1n) is 6.01. The number of anilines is 1. The van der Waals surface area contributed by atoms with Gasteiger partial charge in [-0.05, 0) is 33.2 Å². The maximum Gasteiger partial charge on any atom is 0.253 e. The van der Waals surface area contributed by atoms with E-state index in [1.54, 1.807) is 6.07 Å². The summed E-state index contributed by atoms with van der Waals surface area (Å²) in [5.41, 5.74) is 0.609. The monoisotopic (exact) mass is 253 g/mol. The Morgan fingerprint density at radius 3 is 2.72 bits per heavy atom. The number of hydrogen-bond donors (Lipinski definition) is 2. The molecule has 1 amide bonds. The summed E-state index contributed by atoms with van der Waals surface area (Å²) in [6.45, 7) is 3.71. The van der Waals surface area contributed by atoms with E-state index in [9.17, 15) is 9.18 Å². The van der Waals surface area contributed by atoms with Crippen LogP contribution in [0.25, 0.3) is 0 Å². The van der Waals surface area contributed by atoms with Gasteiger partial charge in [0.1, 0.15) is 5.82 Å². The van der Waals surface area contributed by atoms with Crippen LogP contribution in [0.5, 0.6) is 0 Å². The summed E-state index contributed by atoms with van der Waals surface area (Å²) in [5.74, 6) is -0.663. The molecule has 0 atom stereocenters. The highest BCUT2D eigenvalue weighted by Gasteiger charge is 2.13. The number of para-hydroxylation sites is 1. The van der Waals surface area contributed by atoms with E-state index in [1.807, 2.05) is 25.9 Å². The number of rotatable bonds is 6. The molecule has 100 valence electrons. The molecule has 0 aliphatic rings. The first-order chi connectivity index (χ1) is 8.56. The largest absolute Gasteiger partial charge is 0.382 e. The predicted molar refractivity (Wildman–Crippen MR) is 71.5 cm³/mol. The third kappa shape index (κ3) is 4.00. The van der Waals surface area contributed by atoms with Crippen LogP contribution in [-0.4, -0.2) is 44.5 Å². The molecule has 1 aromatic carbocycles. The smallest absolute Gasteiger partial charge is 0.253 e. The number of benzene rings is 1. The topological polar surface area (TPSA) is 44.4 Å². The molecule has 2 N–H and O–H groups in total. The summed E-state index contributed by atoms with van der Waals surface area (Å²) < 4.78 is 13.6. The minimum Gasteiger partial charge on any atom is -0.382 e. The van der Waals surface area contributed by atoms with Crippen LogP contribution >= 0.6 is 0 Å². The van der Waals surface area contributed by atoms with Crippen LogP contribution in [-0.2, 0) is 0 Å². The van der Waals surface area contributed by atoms with Crippen molar-refractivity contribution in [1.29, 1.82) is 0 Å². The molecule has 1 aromatic rings. The van der Waals surface area contributed by atoms with Gasteiger partial charge in [-0.1, -0.05) is 6.07 Å². The lowest BCUT2D eigenvalue weighted by Crippen LogP contribution is -2.31. The average molecular weight is 253 g/mol. The Balaban J connectivity index is 2.75. The molecule has 0 heterocycles.